The van der Waals surface area contributed by atoms with Crippen molar-refractivity contribution in [3.63, 3.8) is 0 Å². The molecule has 0 fully saturated rings. The molecule has 1 aromatic heterocycles. The number of nitrogens with one attached hydrogen (secondary N) is 1. The van der Waals surface area contributed by atoms with Gasteiger partial charge < -0.3 is 9.88 Å². The number of benzene rings is 1. The quantitative estimate of drug-likeness (QED) is 0.833. The molecule has 1 aromatic carbocycles. The first-order valence-corrected chi connectivity index (χ1v) is 7.19. The van der Waals surface area contributed by atoms with Crippen LogP contribution in [0.4, 0.5) is 10.1 Å². The van der Waals surface area contributed by atoms with Crippen LogP contribution in [0.3, 0.4) is 0 Å². The Labute approximate surface area is 129 Å². The molecule has 2 rings (SSSR count). The lowest BCUT2D eigenvalue weighted by molar-refractivity contribution is 0.101. The predicted molar refractivity (Wildman–Crippen MR) is 81.9 cm³/mol. The van der Waals surface area contributed by atoms with E-state index in [1.54, 1.807) is 22.9 Å². The third kappa shape index (κ3) is 3.22. The molecule has 0 atom stereocenters. The van der Waals surface area contributed by atoms with Gasteiger partial charge in [0.25, 0.3) is 5.91 Å². The van der Waals surface area contributed by atoms with Crippen LogP contribution in [0.2, 0.25) is 5.02 Å². The lowest BCUT2D eigenvalue weighted by atomic mass is 10.3. The van der Waals surface area contributed by atoms with E-state index in [0.29, 0.717) is 20.9 Å². The van der Waals surface area contributed by atoms with Crippen LogP contribution in [0.1, 0.15) is 30.4 Å². The molecule has 3 nitrogen and oxygen atoms in total. The number of hydrogen-bond acceptors (Lipinski definition) is 1. The minimum Gasteiger partial charge on any atom is -0.339 e. The minimum atomic E-state index is -0.416. The van der Waals surface area contributed by atoms with E-state index in [-0.39, 0.29) is 11.9 Å². The Morgan fingerprint density at radius 3 is 2.75 bits per heavy atom. The molecule has 0 saturated carbocycles. The molecule has 20 heavy (non-hydrogen) atoms. The molecule has 0 spiro atoms. The maximum absolute atomic E-state index is 13.2. The number of anilines is 1. The standard InChI is InChI=1S/C14H13BrClFN2O/c1-8(2)19-7-9(16)5-13(19)14(20)18-12-6-10(17)3-4-11(12)15/h3-8H,1-2H3,(H,18,20). The van der Waals surface area contributed by atoms with Crippen molar-refractivity contribution in [2.75, 3.05) is 5.32 Å². The summed E-state index contributed by atoms with van der Waals surface area (Å²) < 4.78 is 15.6. The molecule has 1 N–H and O–H groups in total. The molecule has 2 aromatic rings. The van der Waals surface area contributed by atoms with Crippen molar-refractivity contribution in [1.82, 2.24) is 4.57 Å². The van der Waals surface area contributed by atoms with E-state index in [9.17, 15) is 9.18 Å². The van der Waals surface area contributed by atoms with E-state index in [1.165, 1.54) is 12.1 Å². The third-order valence-corrected chi connectivity index (χ3v) is 3.68. The van der Waals surface area contributed by atoms with Gasteiger partial charge in [-0.15, -0.1) is 0 Å². The normalized spacial score (nSPS) is 10.9. The van der Waals surface area contributed by atoms with E-state index in [2.05, 4.69) is 21.2 Å². The number of aromatic nitrogens is 1. The SMILES string of the molecule is CC(C)n1cc(Cl)cc1C(=O)Nc1cc(F)ccc1Br. The first-order chi connectivity index (χ1) is 9.38. The van der Waals surface area contributed by atoms with Crippen LogP contribution in [0.15, 0.2) is 34.9 Å². The average Bonchev–Trinajstić information content (AvgIpc) is 2.76. The fraction of sp³-hybridized carbons (Fsp3) is 0.214. The lowest BCUT2D eigenvalue weighted by Gasteiger charge is -2.13. The molecule has 0 bridgehead atoms. The predicted octanol–water partition coefficient (Wildman–Crippen LogP) is 4.88. The molecule has 0 saturated heterocycles. The molecule has 0 aliphatic rings. The smallest absolute Gasteiger partial charge is 0.272 e. The van der Waals surface area contributed by atoms with E-state index in [0.717, 1.165) is 0 Å². The van der Waals surface area contributed by atoms with Crippen LogP contribution in [0.5, 0.6) is 0 Å². The van der Waals surface area contributed by atoms with Crippen molar-refractivity contribution < 1.29 is 9.18 Å². The Balaban J connectivity index is 2.31. The zero-order chi connectivity index (χ0) is 14.9. The Hall–Kier alpha value is -1.33. The summed E-state index contributed by atoms with van der Waals surface area (Å²) in [6.07, 6.45) is 1.70. The van der Waals surface area contributed by atoms with Crippen molar-refractivity contribution in [1.29, 1.82) is 0 Å². The van der Waals surface area contributed by atoms with Crippen LogP contribution in [0, 0.1) is 5.82 Å². The van der Waals surface area contributed by atoms with Gasteiger partial charge in [0.1, 0.15) is 11.5 Å². The lowest BCUT2D eigenvalue weighted by Crippen LogP contribution is -2.18. The highest BCUT2D eigenvalue weighted by Gasteiger charge is 2.16. The Bertz CT molecular complexity index is 655. The van der Waals surface area contributed by atoms with E-state index in [1.807, 2.05) is 13.8 Å². The second-order valence-corrected chi connectivity index (χ2v) is 5.91. The number of halogens is 3. The highest BCUT2D eigenvalue weighted by atomic mass is 79.9. The van der Waals surface area contributed by atoms with Crippen LogP contribution in [-0.4, -0.2) is 10.5 Å². The third-order valence-electron chi connectivity index (χ3n) is 2.78. The number of nitrogens with zero attached hydrogens (tertiary/aromatic N) is 1. The van der Waals surface area contributed by atoms with Crippen molar-refractivity contribution in [2.24, 2.45) is 0 Å². The zero-order valence-electron chi connectivity index (χ0n) is 11.0. The summed E-state index contributed by atoms with van der Waals surface area (Å²) in [5, 5.41) is 3.16. The summed E-state index contributed by atoms with van der Waals surface area (Å²) >= 11 is 9.21. The number of hydrogen-bond donors (Lipinski definition) is 1. The van der Waals surface area contributed by atoms with Gasteiger partial charge in [-0.25, -0.2) is 4.39 Å². The maximum atomic E-state index is 13.2. The Kier molecular flexibility index (Phi) is 4.50. The minimum absolute atomic E-state index is 0.0965. The van der Waals surface area contributed by atoms with Gasteiger partial charge in [0, 0.05) is 16.7 Å². The summed E-state index contributed by atoms with van der Waals surface area (Å²) in [5.41, 5.74) is 0.809. The average molecular weight is 360 g/mol. The first kappa shape index (κ1) is 15.1. The van der Waals surface area contributed by atoms with Gasteiger partial charge in [-0.05, 0) is 54.0 Å². The van der Waals surface area contributed by atoms with Gasteiger partial charge in [-0.3, -0.25) is 4.79 Å². The summed E-state index contributed by atoms with van der Waals surface area (Å²) in [7, 11) is 0. The van der Waals surface area contributed by atoms with Crippen molar-refractivity contribution in [3.8, 4) is 0 Å². The molecule has 1 amide bonds. The Morgan fingerprint density at radius 2 is 2.10 bits per heavy atom. The van der Waals surface area contributed by atoms with Gasteiger partial charge >= 0.3 is 0 Å². The second kappa shape index (κ2) is 5.97. The number of rotatable bonds is 3. The fourth-order valence-electron chi connectivity index (χ4n) is 1.83. The van der Waals surface area contributed by atoms with Gasteiger partial charge in [0.05, 0.1) is 10.7 Å². The van der Waals surface area contributed by atoms with Crippen LogP contribution >= 0.6 is 27.5 Å². The molecular formula is C14H13BrClFN2O. The molecule has 6 heteroatoms. The monoisotopic (exact) mass is 358 g/mol. The van der Waals surface area contributed by atoms with Gasteiger partial charge in [0.15, 0.2) is 0 Å². The first-order valence-electron chi connectivity index (χ1n) is 6.02. The van der Waals surface area contributed by atoms with Crippen molar-refractivity contribution in [2.45, 2.75) is 19.9 Å². The summed E-state index contributed by atoms with van der Waals surface area (Å²) in [6.45, 7) is 3.90. The number of carbonyl (C=O) groups is 1. The van der Waals surface area contributed by atoms with Crippen LogP contribution < -0.4 is 5.32 Å². The fourth-order valence-corrected chi connectivity index (χ4v) is 2.39. The maximum Gasteiger partial charge on any atom is 0.272 e. The number of amides is 1. The number of carbonyl (C=O) groups excluding carboxylic acids is 1. The van der Waals surface area contributed by atoms with Gasteiger partial charge in [0.2, 0.25) is 0 Å². The second-order valence-electron chi connectivity index (χ2n) is 4.62. The van der Waals surface area contributed by atoms with E-state index < -0.39 is 5.82 Å². The molecule has 106 valence electrons. The topological polar surface area (TPSA) is 34.0 Å². The van der Waals surface area contributed by atoms with Crippen LogP contribution in [0.25, 0.3) is 0 Å². The van der Waals surface area contributed by atoms with Crippen LogP contribution in [-0.2, 0) is 0 Å². The molecule has 0 unspecified atom stereocenters. The highest BCUT2D eigenvalue weighted by Crippen LogP contribution is 2.25. The summed E-state index contributed by atoms with van der Waals surface area (Å²) in [4.78, 5) is 12.3. The Morgan fingerprint density at radius 1 is 1.40 bits per heavy atom. The van der Waals surface area contributed by atoms with E-state index >= 15 is 0 Å². The molecule has 0 aliphatic heterocycles. The van der Waals surface area contributed by atoms with Gasteiger partial charge in [-0.1, -0.05) is 11.6 Å². The van der Waals surface area contributed by atoms with Crippen molar-refractivity contribution in [3.05, 3.63) is 51.5 Å². The molecular weight excluding hydrogens is 347 g/mol. The zero-order valence-corrected chi connectivity index (χ0v) is 13.3. The highest BCUT2D eigenvalue weighted by molar-refractivity contribution is 9.10. The summed E-state index contributed by atoms with van der Waals surface area (Å²) in [6, 6.07) is 5.79. The summed E-state index contributed by atoms with van der Waals surface area (Å²) in [5.74, 6) is -0.752. The van der Waals surface area contributed by atoms with Crippen molar-refractivity contribution >= 4 is 39.1 Å². The molecule has 0 aliphatic carbocycles. The molecule has 0 radical (unpaired) electrons. The largest absolute Gasteiger partial charge is 0.339 e. The van der Waals surface area contributed by atoms with E-state index in [4.69, 9.17) is 11.6 Å². The van der Waals surface area contributed by atoms with Gasteiger partial charge in [-0.2, -0.15) is 0 Å². The molecule has 1 heterocycles.